The average molecular weight is 292 g/mol. The normalized spacial score (nSPS) is 14.7. The van der Waals surface area contributed by atoms with Crippen LogP contribution in [-0.2, 0) is 4.74 Å². The van der Waals surface area contributed by atoms with Gasteiger partial charge in [-0.05, 0) is 25.5 Å². The number of unbranched alkanes of at least 4 members (excludes halogenated alkanes) is 1. The predicted octanol–water partition coefficient (Wildman–Crippen LogP) is 3.23. The molecule has 0 radical (unpaired) electrons. The zero-order chi connectivity index (χ0) is 13.4. The summed E-state index contributed by atoms with van der Waals surface area (Å²) >= 11 is 7.45. The lowest BCUT2D eigenvalue weighted by atomic mass is 10.2. The van der Waals surface area contributed by atoms with Gasteiger partial charge in [0.1, 0.15) is 0 Å². The van der Waals surface area contributed by atoms with Crippen LogP contribution in [0.3, 0.4) is 0 Å². The van der Waals surface area contributed by atoms with Crippen molar-refractivity contribution in [2.45, 2.75) is 38.8 Å². The Kier molecular flexibility index (Phi) is 7.86. The first-order chi connectivity index (χ1) is 8.63. The van der Waals surface area contributed by atoms with Crippen LogP contribution in [0, 0.1) is 0 Å². The maximum Gasteiger partial charge on any atom is 0.0931 e. The van der Waals surface area contributed by atoms with Gasteiger partial charge in [-0.3, -0.25) is 0 Å². The molecule has 1 aromatic heterocycles. The van der Waals surface area contributed by atoms with Gasteiger partial charge in [-0.25, -0.2) is 0 Å². The smallest absolute Gasteiger partial charge is 0.0931 e. The van der Waals surface area contributed by atoms with Gasteiger partial charge in [0.15, 0.2) is 0 Å². The molecular weight excluding hydrogens is 270 g/mol. The summed E-state index contributed by atoms with van der Waals surface area (Å²) in [7, 11) is 0. The zero-order valence-corrected chi connectivity index (χ0v) is 12.6. The quantitative estimate of drug-likeness (QED) is 0.687. The molecule has 0 fully saturated rings. The molecule has 0 amide bonds. The highest BCUT2D eigenvalue weighted by atomic mass is 35.5. The van der Waals surface area contributed by atoms with Crippen molar-refractivity contribution in [2.24, 2.45) is 0 Å². The Balaban J connectivity index is 2.15. The Hall–Kier alpha value is -0.130. The number of rotatable bonds is 9. The van der Waals surface area contributed by atoms with Crippen LogP contribution in [0.1, 0.15) is 37.6 Å². The van der Waals surface area contributed by atoms with E-state index in [1.54, 1.807) is 11.3 Å². The summed E-state index contributed by atoms with van der Waals surface area (Å²) in [5.74, 6) is 0. The van der Waals surface area contributed by atoms with E-state index in [1.807, 2.05) is 12.1 Å². The van der Waals surface area contributed by atoms with Gasteiger partial charge in [-0.15, -0.1) is 11.3 Å². The SMILES string of the molecule is CCCCOCC(O)CNC(C)c1ccc(Cl)s1. The zero-order valence-electron chi connectivity index (χ0n) is 11.0. The minimum absolute atomic E-state index is 0.202. The molecule has 5 heteroatoms. The van der Waals surface area contributed by atoms with Gasteiger partial charge in [-0.2, -0.15) is 0 Å². The summed E-state index contributed by atoms with van der Waals surface area (Å²) in [5, 5.41) is 13.0. The highest BCUT2D eigenvalue weighted by molar-refractivity contribution is 7.16. The summed E-state index contributed by atoms with van der Waals surface area (Å²) in [5.41, 5.74) is 0. The molecule has 0 saturated heterocycles. The van der Waals surface area contributed by atoms with Crippen LogP contribution in [0.4, 0.5) is 0 Å². The minimum atomic E-state index is -0.459. The third-order valence-corrected chi connectivity index (χ3v) is 4.05. The number of halogens is 1. The average Bonchev–Trinajstić information content (AvgIpc) is 2.78. The van der Waals surface area contributed by atoms with Crippen LogP contribution in [0.5, 0.6) is 0 Å². The molecule has 0 aliphatic carbocycles. The first kappa shape index (κ1) is 15.9. The summed E-state index contributed by atoms with van der Waals surface area (Å²) in [6, 6.07) is 4.10. The van der Waals surface area contributed by atoms with Crippen LogP contribution < -0.4 is 5.32 Å². The van der Waals surface area contributed by atoms with E-state index in [0.717, 1.165) is 23.8 Å². The van der Waals surface area contributed by atoms with Crippen molar-refractivity contribution in [1.29, 1.82) is 0 Å². The number of aliphatic hydroxyl groups excluding tert-OH is 1. The summed E-state index contributed by atoms with van der Waals surface area (Å²) < 4.78 is 6.16. The molecule has 18 heavy (non-hydrogen) atoms. The fourth-order valence-corrected chi connectivity index (χ4v) is 2.59. The lowest BCUT2D eigenvalue weighted by Crippen LogP contribution is -2.32. The molecule has 2 unspecified atom stereocenters. The molecule has 0 aliphatic heterocycles. The lowest BCUT2D eigenvalue weighted by Gasteiger charge is -2.16. The lowest BCUT2D eigenvalue weighted by molar-refractivity contribution is 0.0348. The Morgan fingerprint density at radius 2 is 2.28 bits per heavy atom. The number of nitrogens with one attached hydrogen (secondary N) is 1. The van der Waals surface area contributed by atoms with Crippen molar-refractivity contribution in [3.8, 4) is 0 Å². The molecule has 2 atom stereocenters. The van der Waals surface area contributed by atoms with E-state index in [1.165, 1.54) is 4.88 Å². The van der Waals surface area contributed by atoms with Gasteiger partial charge in [-0.1, -0.05) is 24.9 Å². The van der Waals surface area contributed by atoms with E-state index < -0.39 is 6.10 Å². The van der Waals surface area contributed by atoms with E-state index in [9.17, 15) is 5.11 Å². The van der Waals surface area contributed by atoms with Crippen molar-refractivity contribution in [2.75, 3.05) is 19.8 Å². The molecule has 0 bridgehead atoms. The van der Waals surface area contributed by atoms with Gasteiger partial charge in [0.2, 0.25) is 0 Å². The minimum Gasteiger partial charge on any atom is -0.389 e. The third kappa shape index (κ3) is 6.16. The Bertz CT molecular complexity index is 333. The number of hydrogen-bond acceptors (Lipinski definition) is 4. The second-order valence-corrected chi connectivity index (χ2v) is 6.10. The molecule has 3 nitrogen and oxygen atoms in total. The molecule has 104 valence electrons. The molecule has 0 aliphatic rings. The number of thiophene rings is 1. The molecular formula is C13H22ClNO2S. The van der Waals surface area contributed by atoms with Crippen LogP contribution in [0.25, 0.3) is 0 Å². The monoisotopic (exact) mass is 291 g/mol. The summed E-state index contributed by atoms with van der Waals surface area (Å²) in [6.45, 7) is 5.83. The molecule has 1 aromatic rings. The van der Waals surface area contributed by atoms with Crippen LogP contribution in [0.15, 0.2) is 12.1 Å². The maximum absolute atomic E-state index is 9.74. The van der Waals surface area contributed by atoms with E-state index in [2.05, 4.69) is 19.2 Å². The largest absolute Gasteiger partial charge is 0.389 e. The summed E-state index contributed by atoms with van der Waals surface area (Å²) in [4.78, 5) is 1.18. The maximum atomic E-state index is 9.74. The Morgan fingerprint density at radius 3 is 2.89 bits per heavy atom. The Labute approximate surface area is 118 Å². The molecule has 0 saturated carbocycles. The van der Waals surface area contributed by atoms with Crippen molar-refractivity contribution in [3.63, 3.8) is 0 Å². The molecule has 0 spiro atoms. The fourth-order valence-electron chi connectivity index (χ4n) is 1.50. The van der Waals surface area contributed by atoms with E-state index >= 15 is 0 Å². The third-order valence-electron chi connectivity index (χ3n) is 2.63. The van der Waals surface area contributed by atoms with Gasteiger partial charge < -0.3 is 15.2 Å². The van der Waals surface area contributed by atoms with Crippen molar-refractivity contribution in [1.82, 2.24) is 5.32 Å². The highest BCUT2D eigenvalue weighted by Crippen LogP contribution is 2.26. The molecule has 2 N–H and O–H groups in total. The molecule has 0 aromatic carbocycles. The first-order valence-electron chi connectivity index (χ1n) is 6.38. The van der Waals surface area contributed by atoms with Gasteiger partial charge in [0, 0.05) is 24.1 Å². The highest BCUT2D eigenvalue weighted by Gasteiger charge is 2.10. The topological polar surface area (TPSA) is 41.5 Å². The summed E-state index contributed by atoms with van der Waals surface area (Å²) in [6.07, 6.45) is 1.70. The van der Waals surface area contributed by atoms with Gasteiger partial charge in [0.25, 0.3) is 0 Å². The van der Waals surface area contributed by atoms with Crippen LogP contribution in [0.2, 0.25) is 4.34 Å². The number of aliphatic hydroxyl groups is 1. The number of ether oxygens (including phenoxy) is 1. The first-order valence-corrected chi connectivity index (χ1v) is 7.57. The van der Waals surface area contributed by atoms with Crippen molar-refractivity contribution in [3.05, 3.63) is 21.3 Å². The Morgan fingerprint density at radius 1 is 1.50 bits per heavy atom. The van der Waals surface area contributed by atoms with E-state index in [-0.39, 0.29) is 6.04 Å². The van der Waals surface area contributed by atoms with E-state index in [4.69, 9.17) is 16.3 Å². The second kappa shape index (κ2) is 8.88. The molecule has 1 heterocycles. The van der Waals surface area contributed by atoms with Gasteiger partial charge in [0.05, 0.1) is 17.0 Å². The predicted molar refractivity (Wildman–Crippen MR) is 77.5 cm³/mol. The van der Waals surface area contributed by atoms with Crippen LogP contribution >= 0.6 is 22.9 Å². The van der Waals surface area contributed by atoms with Crippen molar-refractivity contribution >= 4 is 22.9 Å². The fraction of sp³-hybridized carbons (Fsp3) is 0.692. The van der Waals surface area contributed by atoms with Crippen LogP contribution in [-0.4, -0.2) is 31.0 Å². The van der Waals surface area contributed by atoms with Crippen molar-refractivity contribution < 1.29 is 9.84 Å². The second-order valence-electron chi connectivity index (χ2n) is 4.35. The standard InChI is InChI=1S/C13H22ClNO2S/c1-3-4-7-17-9-11(16)8-15-10(2)12-5-6-13(14)18-12/h5-6,10-11,15-16H,3-4,7-9H2,1-2H3. The molecule has 1 rings (SSSR count). The van der Waals surface area contributed by atoms with E-state index in [0.29, 0.717) is 13.2 Å². The number of hydrogen-bond donors (Lipinski definition) is 2. The van der Waals surface area contributed by atoms with Gasteiger partial charge >= 0.3 is 0 Å².